The van der Waals surface area contributed by atoms with Gasteiger partial charge in [0.15, 0.2) is 0 Å². The van der Waals surface area contributed by atoms with Gasteiger partial charge in [-0.05, 0) is 36.1 Å². The van der Waals surface area contributed by atoms with Gasteiger partial charge in [-0.15, -0.1) is 0 Å². The fourth-order valence-electron chi connectivity index (χ4n) is 1.64. The van der Waals surface area contributed by atoms with Crippen LogP contribution in [0.5, 0.6) is 0 Å². The number of carbonyl (C=O) groups is 1. The smallest absolute Gasteiger partial charge is 0.252 e. The summed E-state index contributed by atoms with van der Waals surface area (Å²) in [6, 6.07) is 0. The highest BCUT2D eigenvalue weighted by Crippen LogP contribution is 2.22. The van der Waals surface area contributed by atoms with Crippen molar-refractivity contribution in [1.82, 2.24) is 5.32 Å². The Labute approximate surface area is 116 Å². The fraction of sp³-hybridized carbons (Fsp3) is 0.615. The molecule has 1 N–H and O–H groups in total. The average molecular weight is 318 g/mol. The second-order valence-electron chi connectivity index (χ2n) is 5.11. The van der Waals surface area contributed by atoms with E-state index >= 15 is 0 Å². The van der Waals surface area contributed by atoms with Crippen LogP contribution in [0.1, 0.15) is 42.6 Å². The third-order valence-corrected chi connectivity index (χ3v) is 4.24. The maximum atomic E-state index is 11.9. The zero-order valence-electron chi connectivity index (χ0n) is 10.7. The molecule has 0 saturated carbocycles. The second-order valence-corrected chi connectivity index (χ2v) is 6.64. The van der Waals surface area contributed by atoms with Gasteiger partial charge in [-0.2, -0.15) is 11.3 Å². The number of aryl methyl sites for hydroxylation is 1. The van der Waals surface area contributed by atoms with E-state index in [-0.39, 0.29) is 11.3 Å². The van der Waals surface area contributed by atoms with Crippen molar-refractivity contribution < 1.29 is 4.79 Å². The summed E-state index contributed by atoms with van der Waals surface area (Å²) in [5.74, 6) is 0.0515. The van der Waals surface area contributed by atoms with Crippen molar-refractivity contribution in [2.24, 2.45) is 5.41 Å². The van der Waals surface area contributed by atoms with E-state index in [0.717, 1.165) is 35.8 Å². The molecule has 0 aliphatic rings. The minimum Gasteiger partial charge on any atom is -0.351 e. The van der Waals surface area contributed by atoms with Gasteiger partial charge in [-0.1, -0.05) is 29.8 Å². The first kappa shape index (κ1) is 14.7. The molecule has 0 aromatic carbocycles. The van der Waals surface area contributed by atoms with Gasteiger partial charge in [-0.25, -0.2) is 0 Å². The number of nitrogens with one attached hydrogen (secondary N) is 1. The Morgan fingerprint density at radius 1 is 1.47 bits per heavy atom. The number of carbonyl (C=O) groups excluding carboxylic acids is 1. The molecule has 4 heteroatoms. The summed E-state index contributed by atoms with van der Waals surface area (Å²) < 4.78 is 0. The molecule has 1 aromatic heterocycles. The fourth-order valence-corrected chi connectivity index (χ4v) is 2.75. The summed E-state index contributed by atoms with van der Waals surface area (Å²) in [6.07, 6.45) is 2.25. The van der Waals surface area contributed by atoms with E-state index in [4.69, 9.17) is 0 Å². The lowest BCUT2D eigenvalue weighted by Gasteiger charge is -2.24. The van der Waals surface area contributed by atoms with Crippen LogP contribution in [-0.4, -0.2) is 17.8 Å². The third-order valence-electron chi connectivity index (χ3n) is 2.81. The molecule has 17 heavy (non-hydrogen) atoms. The summed E-state index contributed by atoms with van der Waals surface area (Å²) in [6.45, 7) is 7.09. The summed E-state index contributed by atoms with van der Waals surface area (Å²) in [5.41, 5.74) is 2.03. The normalized spacial score (nSPS) is 11.5. The zero-order chi connectivity index (χ0) is 12.9. The number of hydrogen-bond donors (Lipinski definition) is 1. The van der Waals surface area contributed by atoms with E-state index < -0.39 is 0 Å². The van der Waals surface area contributed by atoms with Crippen molar-refractivity contribution in [2.45, 2.75) is 33.6 Å². The molecule has 0 saturated heterocycles. The first-order chi connectivity index (χ1) is 7.96. The van der Waals surface area contributed by atoms with Gasteiger partial charge in [-0.3, -0.25) is 4.79 Å². The summed E-state index contributed by atoms with van der Waals surface area (Å²) >= 11 is 5.01. The molecule has 1 aromatic rings. The Morgan fingerprint density at radius 2 is 2.18 bits per heavy atom. The zero-order valence-corrected chi connectivity index (χ0v) is 13.1. The predicted octanol–water partition coefficient (Wildman–Crippen LogP) is 3.99. The molecule has 0 unspecified atom stereocenters. The van der Waals surface area contributed by atoms with Crippen LogP contribution >= 0.6 is 27.3 Å². The van der Waals surface area contributed by atoms with Gasteiger partial charge in [0, 0.05) is 17.3 Å². The molecule has 0 radical (unpaired) electrons. The molecule has 1 amide bonds. The molecule has 1 heterocycles. The largest absolute Gasteiger partial charge is 0.351 e. The highest BCUT2D eigenvalue weighted by atomic mass is 79.9. The first-order valence-electron chi connectivity index (χ1n) is 5.83. The van der Waals surface area contributed by atoms with Crippen molar-refractivity contribution in [3.05, 3.63) is 21.9 Å². The number of hydrogen-bond acceptors (Lipinski definition) is 2. The van der Waals surface area contributed by atoms with Crippen molar-refractivity contribution >= 4 is 33.2 Å². The molecule has 0 fully saturated rings. The molecule has 0 atom stereocenters. The van der Waals surface area contributed by atoms with Crippen LogP contribution in [0, 0.1) is 12.3 Å². The predicted molar refractivity (Wildman–Crippen MR) is 78.2 cm³/mol. The number of halogens is 1. The Kier molecular flexibility index (Phi) is 5.67. The highest BCUT2D eigenvalue weighted by Gasteiger charge is 2.19. The van der Waals surface area contributed by atoms with E-state index in [0.29, 0.717) is 0 Å². The van der Waals surface area contributed by atoms with E-state index in [1.807, 2.05) is 17.7 Å². The molecular weight excluding hydrogens is 298 g/mol. The second kappa shape index (κ2) is 6.55. The molecule has 0 spiro atoms. The van der Waals surface area contributed by atoms with Gasteiger partial charge in [0.25, 0.3) is 5.91 Å². The maximum absolute atomic E-state index is 11.9. The average Bonchev–Trinajstić information content (AvgIpc) is 2.70. The minimum absolute atomic E-state index is 0.0515. The number of rotatable bonds is 6. The number of amides is 1. The van der Waals surface area contributed by atoms with Crippen LogP contribution in [0.4, 0.5) is 0 Å². The van der Waals surface area contributed by atoms with Gasteiger partial charge in [0.05, 0.1) is 5.56 Å². The lowest BCUT2D eigenvalue weighted by Crippen LogP contribution is -2.34. The lowest BCUT2D eigenvalue weighted by atomic mass is 9.88. The number of alkyl halides is 1. The van der Waals surface area contributed by atoms with Crippen LogP contribution in [0.3, 0.4) is 0 Å². The highest BCUT2D eigenvalue weighted by molar-refractivity contribution is 9.09. The first-order valence-corrected chi connectivity index (χ1v) is 7.90. The molecule has 0 aliphatic heterocycles. The van der Waals surface area contributed by atoms with E-state index in [1.54, 1.807) is 11.3 Å². The van der Waals surface area contributed by atoms with Gasteiger partial charge < -0.3 is 5.32 Å². The quantitative estimate of drug-likeness (QED) is 0.790. The summed E-state index contributed by atoms with van der Waals surface area (Å²) in [5, 5.41) is 7.97. The molecule has 96 valence electrons. The van der Waals surface area contributed by atoms with Crippen molar-refractivity contribution in [1.29, 1.82) is 0 Å². The summed E-state index contributed by atoms with van der Waals surface area (Å²) in [7, 11) is 0. The van der Waals surface area contributed by atoms with Crippen LogP contribution in [0.15, 0.2) is 10.8 Å². The van der Waals surface area contributed by atoms with Gasteiger partial charge >= 0.3 is 0 Å². The van der Waals surface area contributed by atoms with Crippen molar-refractivity contribution in [3.8, 4) is 0 Å². The van der Waals surface area contributed by atoms with Crippen LogP contribution in [0.25, 0.3) is 0 Å². The Hall–Kier alpha value is -0.350. The molecule has 0 bridgehead atoms. The van der Waals surface area contributed by atoms with E-state index in [9.17, 15) is 4.79 Å². The summed E-state index contributed by atoms with van der Waals surface area (Å²) in [4.78, 5) is 11.9. The minimum atomic E-state index is 0.0515. The lowest BCUT2D eigenvalue weighted by molar-refractivity contribution is 0.0934. The Balaban J connectivity index is 2.45. The topological polar surface area (TPSA) is 29.1 Å². The SMILES string of the molecule is Cc1cscc1C(=O)NCC(C)(C)CCCBr. The standard InChI is InChI=1S/C13H20BrNOS/c1-10-7-17-8-11(10)12(16)15-9-13(2,3)5-4-6-14/h7-8H,4-6,9H2,1-3H3,(H,15,16). The molecular formula is C13H20BrNOS. The third kappa shape index (κ3) is 4.80. The van der Waals surface area contributed by atoms with E-state index in [2.05, 4.69) is 35.1 Å². The Bertz CT molecular complexity index is 373. The van der Waals surface area contributed by atoms with Gasteiger partial charge in [0.1, 0.15) is 0 Å². The molecule has 0 aliphatic carbocycles. The maximum Gasteiger partial charge on any atom is 0.252 e. The van der Waals surface area contributed by atoms with E-state index in [1.165, 1.54) is 0 Å². The van der Waals surface area contributed by atoms with Crippen LogP contribution in [-0.2, 0) is 0 Å². The molecule has 1 rings (SSSR count). The number of thiophene rings is 1. The van der Waals surface area contributed by atoms with Crippen molar-refractivity contribution in [3.63, 3.8) is 0 Å². The van der Waals surface area contributed by atoms with Crippen molar-refractivity contribution in [2.75, 3.05) is 11.9 Å². The van der Waals surface area contributed by atoms with Gasteiger partial charge in [0.2, 0.25) is 0 Å². The Morgan fingerprint density at radius 3 is 2.71 bits per heavy atom. The monoisotopic (exact) mass is 317 g/mol. The van der Waals surface area contributed by atoms with Crippen LogP contribution in [0.2, 0.25) is 0 Å². The molecule has 2 nitrogen and oxygen atoms in total. The van der Waals surface area contributed by atoms with Crippen LogP contribution < -0.4 is 5.32 Å².